The van der Waals surface area contributed by atoms with Crippen LogP contribution in [0.15, 0.2) is 29.2 Å². The first-order chi connectivity index (χ1) is 5.74. The maximum Gasteiger partial charge on any atom is 0.0552 e. The van der Waals surface area contributed by atoms with Gasteiger partial charge in [0.1, 0.15) is 0 Å². The zero-order chi connectivity index (χ0) is 8.97. The molecule has 0 radical (unpaired) electrons. The molecule has 0 unspecified atom stereocenters. The van der Waals surface area contributed by atoms with Crippen LogP contribution in [-0.4, -0.2) is 17.5 Å². The second-order valence-corrected chi connectivity index (χ2v) is 3.71. The van der Waals surface area contributed by atoms with E-state index in [0.29, 0.717) is 0 Å². The van der Waals surface area contributed by atoms with Crippen molar-refractivity contribution in [1.82, 2.24) is 0 Å². The van der Waals surface area contributed by atoms with Crippen LogP contribution in [0.4, 0.5) is 0 Å². The van der Waals surface area contributed by atoms with Crippen molar-refractivity contribution in [2.45, 2.75) is 24.3 Å². The highest BCUT2D eigenvalue weighted by Crippen LogP contribution is 2.20. The molecule has 2 heteroatoms. The van der Waals surface area contributed by atoms with E-state index in [1.807, 2.05) is 19.1 Å². The van der Waals surface area contributed by atoms with Gasteiger partial charge >= 0.3 is 0 Å². The van der Waals surface area contributed by atoms with Crippen molar-refractivity contribution in [1.29, 1.82) is 0 Å². The SMILES string of the molecule is CSc1ccccc1C[C@H](C)O. The van der Waals surface area contributed by atoms with Gasteiger partial charge in [0.05, 0.1) is 6.10 Å². The molecule has 1 rings (SSSR count). The first-order valence-corrected chi connectivity index (χ1v) is 5.26. The Bertz CT molecular complexity index is 245. The summed E-state index contributed by atoms with van der Waals surface area (Å²) >= 11 is 1.73. The largest absolute Gasteiger partial charge is 0.393 e. The minimum absolute atomic E-state index is 0.252. The van der Waals surface area contributed by atoms with Crippen LogP contribution in [0.5, 0.6) is 0 Å². The summed E-state index contributed by atoms with van der Waals surface area (Å²) in [4.78, 5) is 1.26. The van der Waals surface area contributed by atoms with Crippen LogP contribution >= 0.6 is 11.8 Å². The van der Waals surface area contributed by atoms with Gasteiger partial charge in [-0.3, -0.25) is 0 Å². The summed E-state index contributed by atoms with van der Waals surface area (Å²) in [6.07, 6.45) is 2.55. The normalized spacial score (nSPS) is 12.9. The zero-order valence-corrected chi connectivity index (χ0v) is 8.27. The van der Waals surface area contributed by atoms with Gasteiger partial charge < -0.3 is 5.11 Å². The van der Waals surface area contributed by atoms with E-state index in [9.17, 15) is 5.11 Å². The molecule has 0 aliphatic carbocycles. The first kappa shape index (κ1) is 9.62. The number of hydrogen-bond acceptors (Lipinski definition) is 2. The maximum atomic E-state index is 9.22. The van der Waals surface area contributed by atoms with Crippen molar-refractivity contribution in [2.24, 2.45) is 0 Å². The molecule has 1 aromatic carbocycles. The van der Waals surface area contributed by atoms with E-state index in [0.717, 1.165) is 6.42 Å². The Morgan fingerprint density at radius 1 is 1.42 bits per heavy atom. The maximum absolute atomic E-state index is 9.22. The molecule has 0 spiro atoms. The number of thioether (sulfide) groups is 1. The predicted octanol–water partition coefficient (Wildman–Crippen LogP) is 2.33. The highest BCUT2D eigenvalue weighted by atomic mass is 32.2. The van der Waals surface area contributed by atoms with E-state index in [-0.39, 0.29) is 6.10 Å². The van der Waals surface area contributed by atoms with Gasteiger partial charge in [-0.15, -0.1) is 11.8 Å². The lowest BCUT2D eigenvalue weighted by atomic mass is 10.1. The van der Waals surface area contributed by atoms with E-state index < -0.39 is 0 Å². The molecule has 1 nitrogen and oxygen atoms in total. The van der Waals surface area contributed by atoms with Gasteiger partial charge in [-0.05, 0) is 31.2 Å². The number of hydrogen-bond donors (Lipinski definition) is 1. The predicted molar refractivity (Wildman–Crippen MR) is 53.6 cm³/mol. The molecule has 0 saturated heterocycles. The lowest BCUT2D eigenvalue weighted by Gasteiger charge is -2.08. The first-order valence-electron chi connectivity index (χ1n) is 4.04. The molecule has 1 atom stereocenters. The van der Waals surface area contributed by atoms with E-state index in [2.05, 4.69) is 18.4 Å². The molecule has 0 aliphatic heterocycles. The highest BCUT2D eigenvalue weighted by molar-refractivity contribution is 7.98. The molecule has 0 heterocycles. The van der Waals surface area contributed by atoms with Gasteiger partial charge in [0.25, 0.3) is 0 Å². The van der Waals surface area contributed by atoms with Crippen LogP contribution < -0.4 is 0 Å². The van der Waals surface area contributed by atoms with Crippen LogP contribution in [0.3, 0.4) is 0 Å². The van der Waals surface area contributed by atoms with Gasteiger partial charge in [0, 0.05) is 4.90 Å². The Hall–Kier alpha value is -0.470. The minimum atomic E-state index is -0.252. The van der Waals surface area contributed by atoms with Gasteiger partial charge in [0.2, 0.25) is 0 Å². The van der Waals surface area contributed by atoms with E-state index in [1.54, 1.807) is 11.8 Å². The number of benzene rings is 1. The quantitative estimate of drug-likeness (QED) is 0.724. The van der Waals surface area contributed by atoms with Crippen molar-refractivity contribution < 1.29 is 5.11 Å². The van der Waals surface area contributed by atoms with Crippen molar-refractivity contribution >= 4 is 11.8 Å². The molecular weight excluding hydrogens is 168 g/mol. The molecule has 0 aliphatic rings. The fourth-order valence-corrected chi connectivity index (χ4v) is 1.82. The highest BCUT2D eigenvalue weighted by Gasteiger charge is 2.02. The Kier molecular flexibility index (Phi) is 3.63. The van der Waals surface area contributed by atoms with Gasteiger partial charge in [0.15, 0.2) is 0 Å². The molecule has 1 N–H and O–H groups in total. The van der Waals surface area contributed by atoms with Crippen LogP contribution in [0.2, 0.25) is 0 Å². The Morgan fingerprint density at radius 3 is 2.67 bits per heavy atom. The lowest BCUT2D eigenvalue weighted by molar-refractivity contribution is 0.195. The van der Waals surface area contributed by atoms with Crippen molar-refractivity contribution in [3.63, 3.8) is 0 Å². The van der Waals surface area contributed by atoms with Crippen molar-refractivity contribution in [3.05, 3.63) is 29.8 Å². The third-order valence-corrected chi connectivity index (χ3v) is 2.55. The smallest absolute Gasteiger partial charge is 0.0552 e. The molecular formula is C10H14OS. The standard InChI is InChI=1S/C10H14OS/c1-8(11)7-9-5-3-4-6-10(9)12-2/h3-6,8,11H,7H2,1-2H3/t8-/m0/s1. The third-order valence-electron chi connectivity index (χ3n) is 1.71. The van der Waals surface area contributed by atoms with E-state index in [4.69, 9.17) is 0 Å². The summed E-state index contributed by atoms with van der Waals surface area (Å²) < 4.78 is 0. The molecule has 12 heavy (non-hydrogen) atoms. The van der Waals surface area contributed by atoms with E-state index in [1.165, 1.54) is 10.5 Å². The van der Waals surface area contributed by atoms with Gasteiger partial charge in [-0.1, -0.05) is 18.2 Å². The Labute approximate surface area is 77.8 Å². The Morgan fingerprint density at radius 2 is 2.08 bits per heavy atom. The molecule has 0 amide bonds. The van der Waals surface area contributed by atoms with E-state index >= 15 is 0 Å². The summed E-state index contributed by atoms with van der Waals surface area (Å²) in [5.74, 6) is 0. The number of aliphatic hydroxyl groups is 1. The fraction of sp³-hybridized carbons (Fsp3) is 0.400. The minimum Gasteiger partial charge on any atom is -0.393 e. The summed E-state index contributed by atoms with van der Waals surface area (Å²) in [5.41, 5.74) is 1.24. The summed E-state index contributed by atoms with van der Waals surface area (Å²) in [7, 11) is 0. The molecule has 0 bridgehead atoms. The van der Waals surface area contributed by atoms with Crippen molar-refractivity contribution in [2.75, 3.05) is 6.26 Å². The summed E-state index contributed by atoms with van der Waals surface area (Å²) in [6, 6.07) is 8.19. The Balaban J connectivity index is 2.82. The molecule has 0 aromatic heterocycles. The average Bonchev–Trinajstić information content (AvgIpc) is 2.04. The van der Waals surface area contributed by atoms with Gasteiger partial charge in [-0.25, -0.2) is 0 Å². The molecule has 0 saturated carbocycles. The molecule has 1 aromatic rings. The fourth-order valence-electron chi connectivity index (χ4n) is 1.19. The lowest BCUT2D eigenvalue weighted by Crippen LogP contribution is -2.04. The zero-order valence-electron chi connectivity index (χ0n) is 7.45. The second kappa shape index (κ2) is 4.53. The van der Waals surface area contributed by atoms with Crippen LogP contribution in [0, 0.1) is 0 Å². The second-order valence-electron chi connectivity index (χ2n) is 2.86. The average molecular weight is 182 g/mol. The number of rotatable bonds is 3. The van der Waals surface area contributed by atoms with Crippen molar-refractivity contribution in [3.8, 4) is 0 Å². The van der Waals surface area contributed by atoms with Crippen LogP contribution in [0.1, 0.15) is 12.5 Å². The summed E-state index contributed by atoms with van der Waals surface area (Å²) in [5, 5.41) is 9.22. The molecule has 66 valence electrons. The van der Waals surface area contributed by atoms with Crippen LogP contribution in [-0.2, 0) is 6.42 Å². The monoisotopic (exact) mass is 182 g/mol. The molecule has 0 fully saturated rings. The van der Waals surface area contributed by atoms with Crippen LogP contribution in [0.25, 0.3) is 0 Å². The summed E-state index contributed by atoms with van der Waals surface area (Å²) in [6.45, 7) is 1.82. The van der Waals surface area contributed by atoms with Gasteiger partial charge in [-0.2, -0.15) is 0 Å². The number of aliphatic hydroxyl groups excluding tert-OH is 1. The topological polar surface area (TPSA) is 20.2 Å². The third kappa shape index (κ3) is 2.54.